The van der Waals surface area contributed by atoms with E-state index in [9.17, 15) is 74.4 Å². The first-order valence-electron chi connectivity index (χ1n) is 26.0. The molecule has 0 bridgehead atoms. The Hall–Kier alpha value is -3.25. The number of nitrogens with one attached hydrogen (secondary N) is 2. The standard InChI is InChI=1S/C30H47NO15S.C19H35NO11S/c1-15(33)12-21-26(42-18(4)36)27(43-19(5)37)23(14-41-17(3)35)45-29(21)46-28-24(31-16(2)34)30(44-22(13-32)25(28)39)40-10-8-7-9-11-47-20(6)38;1-9(23)20-12-17(31-19-16(27)15(26)13(24)10(7-21)30-19)14(25)11(8-22)29-18(12)28-5-3-2-4-6-32/h21-30,32,39H,7-14H2,1-6H3,(H,31,34);10-19,21-22,24-27,32H,2-8H2,1H3,(H,20,23)/t21?,22?,23?,24?,25-,26+,27-,28+,29-,30-;10?,11?,12?,13-,14-,15-,16?,17+,18-,19-/m00/s1. The zero-order chi connectivity index (χ0) is 59.1. The van der Waals surface area contributed by atoms with Crippen molar-refractivity contribution in [2.45, 2.75) is 210 Å². The van der Waals surface area contributed by atoms with Crippen LogP contribution >= 0.6 is 24.4 Å². The summed E-state index contributed by atoms with van der Waals surface area (Å²) in [6.45, 7) is 6.73. The molecule has 4 aliphatic rings. The summed E-state index contributed by atoms with van der Waals surface area (Å²) in [7, 11) is 0. The van der Waals surface area contributed by atoms with Crippen molar-refractivity contribution in [2.24, 2.45) is 5.92 Å². The van der Waals surface area contributed by atoms with Gasteiger partial charge in [-0.25, -0.2) is 0 Å². The summed E-state index contributed by atoms with van der Waals surface area (Å²) in [4.78, 5) is 83.7. The van der Waals surface area contributed by atoms with E-state index < -0.39 is 179 Å². The third-order valence-electron chi connectivity index (χ3n) is 12.7. The number of unbranched alkanes of at least 4 members (excludes halogenated alkanes) is 4. The summed E-state index contributed by atoms with van der Waals surface area (Å²) in [5.74, 6) is -3.30. The van der Waals surface area contributed by atoms with Gasteiger partial charge in [-0.3, -0.25) is 28.8 Å². The van der Waals surface area contributed by atoms with Crippen LogP contribution in [0.15, 0.2) is 0 Å². The lowest BCUT2D eigenvalue weighted by atomic mass is 9.86. The zero-order valence-corrected chi connectivity index (χ0v) is 47.1. The van der Waals surface area contributed by atoms with Crippen molar-refractivity contribution < 1.29 is 127 Å². The third-order valence-corrected chi connectivity index (χ3v) is 13.9. The van der Waals surface area contributed by atoms with Gasteiger partial charge in [0.2, 0.25) is 11.8 Å². The van der Waals surface area contributed by atoms with Crippen molar-refractivity contribution in [1.82, 2.24) is 10.6 Å². The number of hydrogen-bond donors (Lipinski definition) is 11. The Labute approximate surface area is 467 Å². The van der Waals surface area contributed by atoms with Gasteiger partial charge in [0.05, 0.1) is 25.7 Å². The second-order valence-electron chi connectivity index (χ2n) is 19.3. The van der Waals surface area contributed by atoms with Gasteiger partial charge in [0, 0.05) is 66.9 Å². The average Bonchev–Trinajstić information content (AvgIpc) is 3.38. The molecular weight excluding hydrogens is 1100 g/mol. The van der Waals surface area contributed by atoms with E-state index in [0.29, 0.717) is 18.6 Å². The minimum atomic E-state index is -1.71. The lowest BCUT2D eigenvalue weighted by Crippen LogP contribution is -2.68. The molecule has 8 unspecified atom stereocenters. The number of hydrogen-bond acceptors (Lipinski definition) is 28. The molecule has 0 aromatic carbocycles. The first-order chi connectivity index (χ1) is 37.4. The van der Waals surface area contributed by atoms with Gasteiger partial charge in [0.1, 0.15) is 97.7 Å². The van der Waals surface area contributed by atoms with Gasteiger partial charge in [-0.1, -0.05) is 24.6 Å². The van der Waals surface area contributed by atoms with Gasteiger partial charge in [0.25, 0.3) is 0 Å². The average molecular weight is 1180 g/mol. The molecule has 20 atom stereocenters. The van der Waals surface area contributed by atoms with Crippen LogP contribution in [0.2, 0.25) is 0 Å². The third kappa shape index (κ3) is 22.4. The highest BCUT2D eigenvalue weighted by atomic mass is 32.2. The number of aliphatic hydroxyl groups excluding tert-OH is 8. The number of carbonyl (C=O) groups excluding carboxylic acids is 7. The summed E-state index contributed by atoms with van der Waals surface area (Å²) in [5, 5.41) is 86.6. The molecule has 2 amide bonds. The molecule has 79 heavy (non-hydrogen) atoms. The number of ketones is 1. The van der Waals surface area contributed by atoms with Crippen molar-refractivity contribution in [3.8, 4) is 0 Å². The molecular formula is C49H82N2O26S2. The largest absolute Gasteiger partial charge is 0.463 e. The first-order valence-corrected chi connectivity index (χ1v) is 27.7. The molecule has 456 valence electrons. The van der Waals surface area contributed by atoms with Gasteiger partial charge in [-0.2, -0.15) is 12.6 Å². The molecule has 0 aromatic heterocycles. The van der Waals surface area contributed by atoms with Crippen molar-refractivity contribution >= 4 is 65.0 Å². The maximum absolute atomic E-state index is 12.5. The van der Waals surface area contributed by atoms with Crippen LogP contribution in [0.3, 0.4) is 0 Å². The van der Waals surface area contributed by atoms with E-state index >= 15 is 0 Å². The van der Waals surface area contributed by atoms with E-state index in [1.165, 1.54) is 39.5 Å². The van der Waals surface area contributed by atoms with Crippen LogP contribution in [0, 0.1) is 5.92 Å². The highest BCUT2D eigenvalue weighted by Crippen LogP contribution is 2.37. The van der Waals surface area contributed by atoms with Crippen LogP contribution in [0.25, 0.3) is 0 Å². The Bertz CT molecular complexity index is 1910. The molecule has 0 aromatic rings. The summed E-state index contributed by atoms with van der Waals surface area (Å²) in [5.41, 5.74) is 0. The molecule has 4 rings (SSSR count). The predicted octanol–water partition coefficient (Wildman–Crippen LogP) is -2.96. The van der Waals surface area contributed by atoms with E-state index in [1.54, 1.807) is 0 Å². The maximum Gasteiger partial charge on any atom is 0.303 e. The molecule has 0 saturated carbocycles. The predicted molar refractivity (Wildman–Crippen MR) is 274 cm³/mol. The summed E-state index contributed by atoms with van der Waals surface area (Å²) >= 11 is 5.38. The van der Waals surface area contributed by atoms with Crippen LogP contribution in [0.5, 0.6) is 0 Å². The van der Waals surface area contributed by atoms with E-state index in [1.807, 2.05) is 0 Å². The van der Waals surface area contributed by atoms with Crippen molar-refractivity contribution in [3.63, 3.8) is 0 Å². The second-order valence-corrected chi connectivity index (χ2v) is 21.0. The fourth-order valence-electron chi connectivity index (χ4n) is 9.05. The summed E-state index contributed by atoms with van der Waals surface area (Å²) < 4.78 is 62.8. The summed E-state index contributed by atoms with van der Waals surface area (Å²) in [6, 6.07) is -2.21. The van der Waals surface area contributed by atoms with Crippen LogP contribution < -0.4 is 10.6 Å². The van der Waals surface area contributed by atoms with Crippen molar-refractivity contribution in [3.05, 3.63) is 0 Å². The molecule has 4 heterocycles. The molecule has 4 saturated heterocycles. The lowest BCUT2D eigenvalue weighted by Gasteiger charge is -2.49. The van der Waals surface area contributed by atoms with Crippen LogP contribution in [0.4, 0.5) is 0 Å². The van der Waals surface area contributed by atoms with Crippen LogP contribution in [0.1, 0.15) is 93.4 Å². The van der Waals surface area contributed by atoms with Crippen molar-refractivity contribution in [1.29, 1.82) is 0 Å². The molecule has 4 fully saturated rings. The Kier molecular flexibility index (Phi) is 31.6. The molecule has 0 aliphatic carbocycles. The molecule has 0 radical (unpaired) electrons. The molecule has 0 spiro atoms. The summed E-state index contributed by atoms with van der Waals surface area (Å²) in [6.07, 6.45) is -19.2. The van der Waals surface area contributed by atoms with E-state index in [2.05, 4.69) is 23.3 Å². The number of esters is 3. The van der Waals surface area contributed by atoms with Crippen molar-refractivity contribution in [2.75, 3.05) is 51.1 Å². The number of carbonyl (C=O) groups is 7. The smallest absolute Gasteiger partial charge is 0.303 e. The SMILES string of the molecule is CC(=O)CC1[C@H](O[C@@H]2C(NC(C)=O)[C@@H](OCCCCCSC(C)=O)OC(CO)[C@@H]2O)OC(COC(C)=O)[C@H](OC(C)=O)[C@@H]1OC(C)=O.CC(=O)NC1[C@@H](OCCCCCS)OC(CO)[C@H](O)[C@@H]1O[C@@H]1OC(CO)[C@H](O)[C@H](O)C1O. The monoisotopic (exact) mass is 1180 g/mol. The number of thiol groups is 1. The molecule has 30 heteroatoms. The maximum atomic E-state index is 12.5. The number of amides is 2. The minimum Gasteiger partial charge on any atom is -0.463 e. The van der Waals surface area contributed by atoms with Gasteiger partial charge in [-0.05, 0) is 38.4 Å². The Morgan fingerprint density at radius 2 is 0.962 bits per heavy atom. The molecule has 28 nitrogen and oxygen atoms in total. The Balaban J connectivity index is 0.000000446. The Morgan fingerprint density at radius 1 is 0.506 bits per heavy atom. The van der Waals surface area contributed by atoms with Gasteiger partial charge < -0.3 is 108 Å². The normalized spacial score (nSPS) is 34.5. The number of thioether (sulfide) groups is 1. The van der Waals surface area contributed by atoms with E-state index in [4.69, 9.17) is 52.1 Å². The van der Waals surface area contributed by atoms with Gasteiger partial charge in [0.15, 0.2) is 36.4 Å². The molecule has 4 aliphatic heterocycles. The highest BCUT2D eigenvalue weighted by molar-refractivity contribution is 8.13. The van der Waals surface area contributed by atoms with Crippen LogP contribution in [-0.2, 0) is 85.7 Å². The number of ether oxygens (including phenoxy) is 11. The Morgan fingerprint density at radius 3 is 1.41 bits per heavy atom. The second kappa shape index (κ2) is 35.7. The van der Waals surface area contributed by atoms with Gasteiger partial charge >= 0.3 is 17.9 Å². The quantitative estimate of drug-likeness (QED) is 0.0161. The minimum absolute atomic E-state index is 0.0286. The molecule has 10 N–H and O–H groups in total. The van der Waals surface area contributed by atoms with E-state index in [0.717, 1.165) is 52.2 Å². The number of rotatable bonds is 28. The highest BCUT2D eigenvalue weighted by Gasteiger charge is 2.56. The lowest BCUT2D eigenvalue weighted by molar-refractivity contribution is -0.344. The topological polar surface area (TPSA) is 407 Å². The number of aliphatic hydroxyl groups is 8. The van der Waals surface area contributed by atoms with Crippen LogP contribution in [-0.4, -0.2) is 249 Å². The first kappa shape index (κ1) is 70.0. The fraction of sp³-hybridized carbons (Fsp3) is 0.857. The zero-order valence-electron chi connectivity index (χ0n) is 45.4. The fourth-order valence-corrected chi connectivity index (χ4v) is 9.91. The van der Waals surface area contributed by atoms with Gasteiger partial charge in [-0.15, -0.1) is 0 Å². The van der Waals surface area contributed by atoms with E-state index in [-0.39, 0.29) is 30.5 Å². The number of Topliss-reactive ketones (excluding diaryl/α,β-unsaturated/α-hetero) is 1.